The average Bonchev–Trinajstić information content (AvgIpc) is 2.77. The van der Waals surface area contributed by atoms with Gasteiger partial charge in [-0.15, -0.1) is 0 Å². The first kappa shape index (κ1) is 14.5. The molecule has 1 saturated heterocycles. The lowest BCUT2D eigenvalue weighted by Gasteiger charge is -2.34. The van der Waals surface area contributed by atoms with Gasteiger partial charge in [0.15, 0.2) is 0 Å². The van der Waals surface area contributed by atoms with Gasteiger partial charge < -0.3 is 9.26 Å². The fraction of sp³-hybridized carbons (Fsp3) is 0.786. The van der Waals surface area contributed by atoms with Crippen LogP contribution in [-0.2, 0) is 11.3 Å². The molecule has 0 aromatic carbocycles. The molecule has 0 bridgehead atoms. The minimum atomic E-state index is 0.330. The van der Waals surface area contributed by atoms with Crippen LogP contribution in [0, 0.1) is 6.92 Å². The molecule has 1 fully saturated rings. The molecule has 0 radical (unpaired) electrons. The normalized spacial score (nSPS) is 18.3. The Bertz CT molecular complexity index is 371. The number of nitrogens with zero attached hydrogens (tertiary/aromatic N) is 3. The summed E-state index contributed by atoms with van der Waals surface area (Å²) in [6.45, 7) is 13.3. The van der Waals surface area contributed by atoms with Crippen LogP contribution in [0.1, 0.15) is 25.3 Å². The number of aryl methyl sites for hydroxylation is 1. The summed E-state index contributed by atoms with van der Waals surface area (Å²) in [7, 11) is 0. The van der Waals surface area contributed by atoms with Crippen molar-refractivity contribution in [2.45, 2.75) is 33.4 Å². The van der Waals surface area contributed by atoms with Crippen molar-refractivity contribution in [1.29, 1.82) is 0 Å². The third kappa shape index (κ3) is 4.93. The molecule has 0 amide bonds. The smallest absolute Gasteiger partial charge is 0.133 e. The largest absolute Gasteiger partial charge is 0.377 e. The van der Waals surface area contributed by atoms with Crippen molar-refractivity contribution in [3.05, 3.63) is 17.5 Å². The van der Waals surface area contributed by atoms with Crippen molar-refractivity contribution in [3.63, 3.8) is 0 Å². The Balaban J connectivity index is 1.65. The molecule has 2 rings (SSSR count). The van der Waals surface area contributed by atoms with Crippen LogP contribution in [0.3, 0.4) is 0 Å². The van der Waals surface area contributed by atoms with E-state index in [2.05, 4.69) is 28.8 Å². The first-order chi connectivity index (χ1) is 9.13. The zero-order valence-electron chi connectivity index (χ0n) is 12.3. The molecule has 0 saturated carbocycles. The van der Waals surface area contributed by atoms with E-state index in [1.165, 1.54) is 0 Å². The van der Waals surface area contributed by atoms with Crippen LogP contribution in [0.25, 0.3) is 0 Å². The number of rotatable bonds is 6. The lowest BCUT2D eigenvalue weighted by molar-refractivity contribution is 0.0435. The van der Waals surface area contributed by atoms with Crippen molar-refractivity contribution < 1.29 is 9.26 Å². The number of hydrogen-bond donors (Lipinski definition) is 0. The van der Waals surface area contributed by atoms with Gasteiger partial charge in [0.2, 0.25) is 0 Å². The first-order valence-corrected chi connectivity index (χ1v) is 7.12. The lowest BCUT2D eigenvalue weighted by Crippen LogP contribution is -2.46. The molecule has 0 spiro atoms. The van der Waals surface area contributed by atoms with Gasteiger partial charge in [-0.1, -0.05) is 5.16 Å². The highest BCUT2D eigenvalue weighted by Crippen LogP contribution is 2.08. The summed E-state index contributed by atoms with van der Waals surface area (Å²) >= 11 is 0. The maximum absolute atomic E-state index is 5.59. The lowest BCUT2D eigenvalue weighted by atomic mass is 10.3. The van der Waals surface area contributed by atoms with E-state index in [1.807, 2.05) is 13.0 Å². The molecule has 1 aromatic heterocycles. The first-order valence-electron chi connectivity index (χ1n) is 7.12. The zero-order valence-corrected chi connectivity index (χ0v) is 12.3. The van der Waals surface area contributed by atoms with Crippen LogP contribution in [0.5, 0.6) is 0 Å². The number of ether oxygens (including phenoxy) is 1. The van der Waals surface area contributed by atoms with E-state index < -0.39 is 0 Å². The standard InChI is InChI=1S/C14H25N3O2/c1-12(2)18-9-8-16-4-6-17(7-5-16)11-14-10-13(3)19-15-14/h10,12H,4-9,11H2,1-3H3. The summed E-state index contributed by atoms with van der Waals surface area (Å²) in [6, 6.07) is 2.02. The van der Waals surface area contributed by atoms with Crippen LogP contribution >= 0.6 is 0 Å². The molecule has 5 nitrogen and oxygen atoms in total. The highest BCUT2D eigenvalue weighted by atomic mass is 16.5. The minimum absolute atomic E-state index is 0.330. The van der Waals surface area contributed by atoms with Crippen LogP contribution in [0.2, 0.25) is 0 Å². The second-order valence-corrected chi connectivity index (χ2v) is 5.47. The Morgan fingerprint density at radius 2 is 1.95 bits per heavy atom. The molecule has 5 heteroatoms. The fourth-order valence-corrected chi connectivity index (χ4v) is 2.31. The molecule has 1 aromatic rings. The summed E-state index contributed by atoms with van der Waals surface area (Å²) in [6.07, 6.45) is 0.330. The number of piperazine rings is 1. The van der Waals surface area contributed by atoms with Crippen LogP contribution in [0.4, 0.5) is 0 Å². The van der Waals surface area contributed by atoms with E-state index in [9.17, 15) is 0 Å². The third-order valence-corrected chi connectivity index (χ3v) is 3.39. The van der Waals surface area contributed by atoms with Crippen molar-refractivity contribution in [3.8, 4) is 0 Å². The summed E-state index contributed by atoms with van der Waals surface area (Å²) in [5, 5.41) is 4.05. The second kappa shape index (κ2) is 7.03. The molecule has 108 valence electrons. The number of hydrogen-bond acceptors (Lipinski definition) is 5. The minimum Gasteiger partial charge on any atom is -0.377 e. The van der Waals surface area contributed by atoms with Gasteiger partial charge in [0.1, 0.15) is 5.76 Å². The van der Waals surface area contributed by atoms with Crippen molar-refractivity contribution in [2.24, 2.45) is 0 Å². The summed E-state index contributed by atoms with van der Waals surface area (Å²) in [5.41, 5.74) is 1.04. The molecule has 0 atom stereocenters. The van der Waals surface area contributed by atoms with Gasteiger partial charge in [0, 0.05) is 45.3 Å². The van der Waals surface area contributed by atoms with Gasteiger partial charge in [-0.25, -0.2) is 0 Å². The quantitative estimate of drug-likeness (QED) is 0.782. The van der Waals surface area contributed by atoms with Gasteiger partial charge in [-0.2, -0.15) is 0 Å². The van der Waals surface area contributed by atoms with E-state index in [1.54, 1.807) is 0 Å². The topological polar surface area (TPSA) is 41.7 Å². The zero-order chi connectivity index (χ0) is 13.7. The Morgan fingerprint density at radius 1 is 1.26 bits per heavy atom. The molecular weight excluding hydrogens is 242 g/mol. The number of aromatic nitrogens is 1. The summed E-state index contributed by atoms with van der Waals surface area (Å²) < 4.78 is 10.7. The maximum Gasteiger partial charge on any atom is 0.133 e. The Kier molecular flexibility index (Phi) is 5.36. The van der Waals surface area contributed by atoms with Crippen molar-refractivity contribution >= 4 is 0 Å². The van der Waals surface area contributed by atoms with Gasteiger partial charge >= 0.3 is 0 Å². The highest BCUT2D eigenvalue weighted by molar-refractivity contribution is 5.03. The third-order valence-electron chi connectivity index (χ3n) is 3.39. The molecule has 2 heterocycles. The van der Waals surface area contributed by atoms with Gasteiger partial charge in [0.25, 0.3) is 0 Å². The highest BCUT2D eigenvalue weighted by Gasteiger charge is 2.17. The van der Waals surface area contributed by atoms with E-state index in [-0.39, 0.29) is 0 Å². The average molecular weight is 267 g/mol. The van der Waals surface area contributed by atoms with E-state index in [0.717, 1.165) is 57.3 Å². The monoisotopic (exact) mass is 267 g/mol. The fourth-order valence-electron chi connectivity index (χ4n) is 2.31. The Morgan fingerprint density at radius 3 is 2.53 bits per heavy atom. The van der Waals surface area contributed by atoms with E-state index >= 15 is 0 Å². The molecule has 0 unspecified atom stereocenters. The van der Waals surface area contributed by atoms with Crippen LogP contribution < -0.4 is 0 Å². The van der Waals surface area contributed by atoms with Crippen LogP contribution in [-0.4, -0.2) is 60.4 Å². The molecule has 19 heavy (non-hydrogen) atoms. The second-order valence-electron chi connectivity index (χ2n) is 5.47. The molecule has 0 aliphatic carbocycles. The SMILES string of the molecule is Cc1cc(CN2CCN(CCOC(C)C)CC2)no1. The van der Waals surface area contributed by atoms with Gasteiger partial charge in [0.05, 0.1) is 18.4 Å². The molecule has 1 aliphatic heterocycles. The molecular formula is C14H25N3O2. The summed E-state index contributed by atoms with van der Waals surface area (Å²) in [5.74, 6) is 0.888. The molecule has 0 N–H and O–H groups in total. The van der Waals surface area contributed by atoms with Crippen LogP contribution in [0.15, 0.2) is 10.6 Å². The maximum atomic E-state index is 5.59. The Hall–Kier alpha value is -0.910. The molecule has 1 aliphatic rings. The van der Waals surface area contributed by atoms with Gasteiger partial charge in [-0.3, -0.25) is 9.80 Å². The summed E-state index contributed by atoms with van der Waals surface area (Å²) in [4.78, 5) is 4.89. The van der Waals surface area contributed by atoms with E-state index in [0.29, 0.717) is 6.10 Å². The Labute approximate surface area is 115 Å². The van der Waals surface area contributed by atoms with Gasteiger partial charge in [-0.05, 0) is 20.8 Å². The predicted octanol–water partition coefficient (Wildman–Crippen LogP) is 1.53. The van der Waals surface area contributed by atoms with Crippen molar-refractivity contribution in [1.82, 2.24) is 15.0 Å². The van der Waals surface area contributed by atoms with E-state index in [4.69, 9.17) is 9.26 Å². The van der Waals surface area contributed by atoms with Crippen molar-refractivity contribution in [2.75, 3.05) is 39.3 Å². The predicted molar refractivity (Wildman–Crippen MR) is 74.0 cm³/mol.